The van der Waals surface area contributed by atoms with Crippen LogP contribution in [0.2, 0.25) is 0 Å². The van der Waals surface area contributed by atoms with E-state index in [1.807, 2.05) is 6.92 Å². The summed E-state index contributed by atoms with van der Waals surface area (Å²) in [5, 5.41) is 4.86. The fourth-order valence-electron chi connectivity index (χ4n) is 3.16. The smallest absolute Gasteiger partial charge is 0.334 e. The second-order valence-corrected chi connectivity index (χ2v) is 6.52. The molecule has 0 bridgehead atoms. The maximum Gasteiger partial charge on any atom is 0.334 e. The second-order valence-electron chi connectivity index (χ2n) is 6.52. The maximum atomic E-state index is 12.0. The Balaban J connectivity index is 1.87. The molecule has 0 unspecified atom stereocenters. The van der Waals surface area contributed by atoms with Crippen molar-refractivity contribution in [1.29, 1.82) is 0 Å². The van der Waals surface area contributed by atoms with Crippen molar-refractivity contribution in [3.05, 3.63) is 0 Å². The molecule has 1 saturated carbocycles. The molecule has 2 fully saturated rings. The molecule has 2 rings (SSSR count). The number of imide groups is 3. The zero-order chi connectivity index (χ0) is 18.6. The van der Waals surface area contributed by atoms with Crippen LogP contribution in [0.25, 0.3) is 0 Å². The Labute approximate surface area is 146 Å². The van der Waals surface area contributed by atoms with Crippen LogP contribution >= 0.6 is 0 Å². The van der Waals surface area contributed by atoms with Crippen LogP contribution in [0.4, 0.5) is 9.59 Å². The highest BCUT2D eigenvalue weighted by Crippen LogP contribution is 2.23. The molecule has 1 aliphatic heterocycles. The van der Waals surface area contributed by atoms with Gasteiger partial charge in [-0.3, -0.25) is 24.6 Å². The highest BCUT2D eigenvalue weighted by molar-refractivity contribution is 6.45. The van der Waals surface area contributed by atoms with Gasteiger partial charge in [-0.1, -0.05) is 26.7 Å². The van der Waals surface area contributed by atoms with E-state index < -0.39 is 36.3 Å². The Bertz CT molecular complexity index is 591. The first-order valence-electron chi connectivity index (χ1n) is 8.62. The Morgan fingerprint density at radius 1 is 1.08 bits per heavy atom. The van der Waals surface area contributed by atoms with E-state index in [1.165, 1.54) is 0 Å². The third kappa shape index (κ3) is 4.34. The van der Waals surface area contributed by atoms with Gasteiger partial charge in [-0.05, 0) is 25.2 Å². The van der Waals surface area contributed by atoms with E-state index in [0.717, 1.165) is 30.6 Å². The monoisotopic (exact) mass is 352 g/mol. The molecule has 2 aliphatic rings. The normalized spacial score (nSPS) is 23.8. The zero-order valence-corrected chi connectivity index (χ0v) is 14.5. The zero-order valence-electron chi connectivity index (χ0n) is 14.5. The van der Waals surface area contributed by atoms with Crippen molar-refractivity contribution >= 4 is 29.8 Å². The molecule has 0 spiro atoms. The summed E-state index contributed by atoms with van der Waals surface area (Å²) in [6, 6.07) is -1.48. The number of carbonyl (C=O) groups is 5. The van der Waals surface area contributed by atoms with E-state index in [-0.39, 0.29) is 12.6 Å². The lowest BCUT2D eigenvalue weighted by Gasteiger charge is -2.29. The van der Waals surface area contributed by atoms with E-state index in [9.17, 15) is 24.0 Å². The molecule has 1 aliphatic carbocycles. The molecule has 138 valence electrons. The molecule has 0 aromatic carbocycles. The van der Waals surface area contributed by atoms with Gasteiger partial charge >= 0.3 is 23.9 Å². The lowest BCUT2D eigenvalue weighted by atomic mass is 9.86. The predicted molar refractivity (Wildman–Crippen MR) is 87.2 cm³/mol. The fourth-order valence-corrected chi connectivity index (χ4v) is 3.16. The molecule has 2 N–H and O–H groups in total. The Hall–Kier alpha value is -2.45. The van der Waals surface area contributed by atoms with E-state index in [1.54, 1.807) is 6.92 Å². The number of rotatable bonds is 5. The Morgan fingerprint density at radius 2 is 1.72 bits per heavy atom. The number of hydrogen-bond donors (Lipinski definition) is 2. The van der Waals surface area contributed by atoms with Crippen LogP contribution in [-0.2, 0) is 14.4 Å². The molecule has 7 amide bonds. The summed E-state index contributed by atoms with van der Waals surface area (Å²) in [5.74, 6) is -2.47. The summed E-state index contributed by atoms with van der Waals surface area (Å²) < 4.78 is 0. The average molecular weight is 352 g/mol. The average Bonchev–Trinajstić information content (AvgIpc) is 2.75. The topological polar surface area (TPSA) is 116 Å². The first-order chi connectivity index (χ1) is 11.8. The van der Waals surface area contributed by atoms with Crippen LogP contribution in [0.5, 0.6) is 0 Å². The standard InChI is InChI=1S/C16H24N4O5/c1-3-8-19-13(22)14(23)20(16(19)25)9-12(21)18-15(24)17-11-7-5-4-6-10(11)2/h10-11H,3-9H2,1-2H3,(H2,17,18,21,24)/t10-,11-/m0/s1. The number of hydrogen-bond acceptors (Lipinski definition) is 5. The SMILES string of the molecule is CCCN1C(=O)C(=O)N(CC(=O)NC(=O)N[C@H]2CCCC[C@@H]2C)C1=O. The van der Waals surface area contributed by atoms with Crippen LogP contribution in [-0.4, -0.2) is 58.7 Å². The lowest BCUT2D eigenvalue weighted by molar-refractivity contribution is -0.143. The van der Waals surface area contributed by atoms with E-state index in [4.69, 9.17) is 0 Å². The molecular weight excluding hydrogens is 328 g/mol. The molecule has 25 heavy (non-hydrogen) atoms. The van der Waals surface area contributed by atoms with Crippen LogP contribution in [0.15, 0.2) is 0 Å². The van der Waals surface area contributed by atoms with Gasteiger partial charge in [-0.15, -0.1) is 0 Å². The van der Waals surface area contributed by atoms with Gasteiger partial charge in [0.2, 0.25) is 5.91 Å². The van der Waals surface area contributed by atoms with Crippen molar-refractivity contribution in [2.45, 2.75) is 52.0 Å². The van der Waals surface area contributed by atoms with Crippen molar-refractivity contribution in [1.82, 2.24) is 20.4 Å². The number of nitrogens with one attached hydrogen (secondary N) is 2. The molecule has 0 aromatic rings. The minimum atomic E-state index is -1.05. The summed E-state index contributed by atoms with van der Waals surface area (Å²) in [7, 11) is 0. The lowest BCUT2D eigenvalue weighted by Crippen LogP contribution is -2.50. The molecule has 0 aromatic heterocycles. The maximum absolute atomic E-state index is 12.0. The molecule has 0 radical (unpaired) electrons. The largest absolute Gasteiger partial charge is 0.335 e. The van der Waals surface area contributed by atoms with Gasteiger partial charge in [0.15, 0.2) is 0 Å². The highest BCUT2D eigenvalue weighted by atomic mass is 16.2. The quantitative estimate of drug-likeness (QED) is 0.555. The molecule has 1 heterocycles. The van der Waals surface area contributed by atoms with Crippen molar-refractivity contribution < 1.29 is 24.0 Å². The summed E-state index contributed by atoms with van der Waals surface area (Å²) >= 11 is 0. The number of amides is 7. The number of urea groups is 2. The van der Waals surface area contributed by atoms with Crippen molar-refractivity contribution in [3.63, 3.8) is 0 Å². The fraction of sp³-hybridized carbons (Fsp3) is 0.688. The van der Waals surface area contributed by atoms with E-state index >= 15 is 0 Å². The van der Waals surface area contributed by atoms with Crippen LogP contribution in [0, 0.1) is 5.92 Å². The minimum Gasteiger partial charge on any atom is -0.335 e. The summed E-state index contributed by atoms with van der Waals surface area (Å²) in [6.07, 6.45) is 4.53. The van der Waals surface area contributed by atoms with Gasteiger partial charge in [0.25, 0.3) is 0 Å². The minimum absolute atomic E-state index is 0.00164. The number of nitrogens with zero attached hydrogens (tertiary/aromatic N) is 2. The summed E-state index contributed by atoms with van der Waals surface area (Å²) in [4.78, 5) is 60.8. The third-order valence-electron chi connectivity index (χ3n) is 4.56. The predicted octanol–water partition coefficient (Wildman–Crippen LogP) is 0.592. The molecule has 9 nitrogen and oxygen atoms in total. The van der Waals surface area contributed by atoms with Crippen LogP contribution < -0.4 is 10.6 Å². The Kier molecular flexibility index (Phi) is 6.11. The van der Waals surface area contributed by atoms with Crippen LogP contribution in [0.1, 0.15) is 46.0 Å². The van der Waals surface area contributed by atoms with Gasteiger partial charge in [0.05, 0.1) is 0 Å². The van der Waals surface area contributed by atoms with Gasteiger partial charge < -0.3 is 5.32 Å². The summed E-state index contributed by atoms with van der Waals surface area (Å²) in [5.41, 5.74) is 0. The van der Waals surface area contributed by atoms with Gasteiger partial charge in [0.1, 0.15) is 6.54 Å². The Morgan fingerprint density at radius 3 is 2.36 bits per heavy atom. The van der Waals surface area contributed by atoms with Crippen molar-refractivity contribution in [2.24, 2.45) is 5.92 Å². The van der Waals surface area contributed by atoms with E-state index in [2.05, 4.69) is 10.6 Å². The molecule has 1 saturated heterocycles. The van der Waals surface area contributed by atoms with Gasteiger partial charge in [-0.25, -0.2) is 14.5 Å². The number of carbonyl (C=O) groups excluding carboxylic acids is 5. The molecule has 9 heteroatoms. The highest BCUT2D eigenvalue weighted by Gasteiger charge is 2.44. The second kappa shape index (κ2) is 8.09. The summed E-state index contributed by atoms with van der Waals surface area (Å²) in [6.45, 7) is 3.26. The van der Waals surface area contributed by atoms with Gasteiger partial charge in [0, 0.05) is 12.6 Å². The van der Waals surface area contributed by atoms with Crippen molar-refractivity contribution in [3.8, 4) is 0 Å². The molecular formula is C16H24N4O5. The van der Waals surface area contributed by atoms with Crippen molar-refractivity contribution in [2.75, 3.05) is 13.1 Å². The van der Waals surface area contributed by atoms with E-state index in [0.29, 0.717) is 17.2 Å². The third-order valence-corrected chi connectivity index (χ3v) is 4.56. The first-order valence-corrected chi connectivity index (χ1v) is 8.62. The molecule has 2 atom stereocenters. The van der Waals surface area contributed by atoms with Crippen LogP contribution in [0.3, 0.4) is 0 Å². The first kappa shape index (κ1) is 18.9. The van der Waals surface area contributed by atoms with Gasteiger partial charge in [-0.2, -0.15) is 0 Å².